The summed E-state index contributed by atoms with van der Waals surface area (Å²) in [5, 5.41) is 3.67. The number of hydrogen-bond acceptors (Lipinski definition) is 5. The molecule has 0 spiro atoms. The summed E-state index contributed by atoms with van der Waals surface area (Å²) in [5.41, 5.74) is 0.741. The van der Waals surface area contributed by atoms with E-state index in [9.17, 15) is 14.0 Å². The van der Waals surface area contributed by atoms with Crippen LogP contribution < -0.4 is 5.32 Å². The van der Waals surface area contributed by atoms with Crippen molar-refractivity contribution in [2.75, 3.05) is 12.4 Å². The van der Waals surface area contributed by atoms with Crippen LogP contribution in [0.2, 0.25) is 0 Å². The van der Waals surface area contributed by atoms with Gasteiger partial charge in [0.2, 0.25) is 0 Å². The van der Waals surface area contributed by atoms with Crippen molar-refractivity contribution in [2.45, 2.75) is 17.9 Å². The van der Waals surface area contributed by atoms with Crippen LogP contribution in [0, 0.1) is 5.82 Å². The van der Waals surface area contributed by atoms with Crippen molar-refractivity contribution in [3.8, 4) is 0 Å². The predicted octanol–water partition coefficient (Wildman–Crippen LogP) is 4.08. The molecule has 0 aliphatic carbocycles. The maximum absolute atomic E-state index is 13.5. The van der Waals surface area contributed by atoms with Gasteiger partial charge in [-0.1, -0.05) is 30.3 Å². The Morgan fingerprint density at radius 3 is 2.70 bits per heavy atom. The first-order valence-electron chi connectivity index (χ1n) is 8.33. The number of thioether (sulfide) groups is 1. The second kappa shape index (κ2) is 8.73. The molecule has 1 N–H and O–H groups in total. The quantitative estimate of drug-likeness (QED) is 0.489. The fourth-order valence-electron chi connectivity index (χ4n) is 2.46. The van der Waals surface area contributed by atoms with E-state index < -0.39 is 24.3 Å². The zero-order chi connectivity index (χ0) is 19.2. The van der Waals surface area contributed by atoms with Crippen LogP contribution in [-0.4, -0.2) is 24.2 Å². The Kier molecular flexibility index (Phi) is 6.13. The van der Waals surface area contributed by atoms with Crippen LogP contribution in [0.25, 0.3) is 11.0 Å². The number of esters is 1. The van der Waals surface area contributed by atoms with Gasteiger partial charge in [0.15, 0.2) is 6.61 Å². The van der Waals surface area contributed by atoms with Crippen LogP contribution in [0.5, 0.6) is 0 Å². The van der Waals surface area contributed by atoms with Gasteiger partial charge in [-0.15, -0.1) is 11.8 Å². The summed E-state index contributed by atoms with van der Waals surface area (Å²) >= 11 is 1.02. The second-order valence-electron chi connectivity index (χ2n) is 5.86. The SMILES string of the molecule is C[C@H](NC(=O)COC(=O)CSc1ccccc1F)c1cc2ccccc2o1. The van der Waals surface area contributed by atoms with Gasteiger partial charge in [-0.2, -0.15) is 0 Å². The third kappa shape index (κ3) is 5.10. The first-order valence-corrected chi connectivity index (χ1v) is 9.32. The summed E-state index contributed by atoms with van der Waals surface area (Å²) in [6, 6.07) is 15.2. The van der Waals surface area contributed by atoms with Crippen LogP contribution in [0.1, 0.15) is 18.7 Å². The maximum atomic E-state index is 13.5. The van der Waals surface area contributed by atoms with Crippen molar-refractivity contribution in [3.05, 3.63) is 66.2 Å². The Bertz CT molecular complexity index is 923. The van der Waals surface area contributed by atoms with Crippen LogP contribution >= 0.6 is 11.8 Å². The van der Waals surface area contributed by atoms with Gasteiger partial charge in [0.1, 0.15) is 17.2 Å². The number of para-hydroxylation sites is 1. The number of benzene rings is 2. The summed E-state index contributed by atoms with van der Waals surface area (Å²) in [6.07, 6.45) is 0. The highest BCUT2D eigenvalue weighted by molar-refractivity contribution is 8.00. The molecule has 1 heterocycles. The highest BCUT2D eigenvalue weighted by Crippen LogP contribution is 2.23. The molecular weight excluding hydrogens is 369 g/mol. The molecule has 7 heteroatoms. The number of nitrogens with one attached hydrogen (secondary N) is 1. The van der Waals surface area contributed by atoms with Crippen molar-refractivity contribution in [3.63, 3.8) is 0 Å². The van der Waals surface area contributed by atoms with E-state index in [0.29, 0.717) is 10.7 Å². The largest absolute Gasteiger partial charge is 0.459 e. The number of carbonyl (C=O) groups is 2. The monoisotopic (exact) mass is 387 g/mol. The summed E-state index contributed by atoms with van der Waals surface area (Å²) in [6.45, 7) is 1.38. The molecular formula is C20H18FNO4S. The molecule has 140 valence electrons. The Hall–Kier alpha value is -2.80. The van der Waals surface area contributed by atoms with Crippen LogP contribution in [0.15, 0.2) is 63.9 Å². The zero-order valence-electron chi connectivity index (χ0n) is 14.6. The van der Waals surface area contributed by atoms with Gasteiger partial charge in [0, 0.05) is 10.3 Å². The average molecular weight is 387 g/mol. The molecule has 0 aliphatic heterocycles. The van der Waals surface area contributed by atoms with Crippen molar-refractivity contribution in [1.82, 2.24) is 5.32 Å². The molecule has 1 aromatic heterocycles. The molecule has 0 fully saturated rings. The Morgan fingerprint density at radius 1 is 1.19 bits per heavy atom. The topological polar surface area (TPSA) is 68.5 Å². The minimum absolute atomic E-state index is 0.0761. The van der Waals surface area contributed by atoms with Crippen molar-refractivity contribution < 1.29 is 23.1 Å². The Balaban J connectivity index is 1.44. The number of ether oxygens (including phenoxy) is 1. The van der Waals surface area contributed by atoms with Gasteiger partial charge < -0.3 is 14.5 Å². The number of carbonyl (C=O) groups excluding carboxylic acids is 2. The fourth-order valence-corrected chi connectivity index (χ4v) is 3.19. The molecule has 3 rings (SSSR count). The van der Waals surface area contributed by atoms with Gasteiger partial charge >= 0.3 is 5.97 Å². The van der Waals surface area contributed by atoms with Crippen molar-refractivity contribution in [2.24, 2.45) is 0 Å². The number of fused-ring (bicyclic) bond motifs is 1. The molecule has 0 aliphatic rings. The standard InChI is InChI=1S/C20H18FNO4S/c1-13(17-10-14-6-2-4-8-16(14)26-17)22-19(23)11-25-20(24)12-27-18-9-5-3-7-15(18)21/h2-10,13H,11-12H2,1H3,(H,22,23)/t13-/m0/s1. The lowest BCUT2D eigenvalue weighted by Gasteiger charge is -2.11. The summed E-state index contributed by atoms with van der Waals surface area (Å²) < 4.78 is 24.1. The van der Waals surface area contributed by atoms with Crippen LogP contribution in [-0.2, 0) is 14.3 Å². The van der Waals surface area contributed by atoms with Crippen LogP contribution in [0.3, 0.4) is 0 Å². The molecule has 0 unspecified atom stereocenters. The first-order chi connectivity index (χ1) is 13.0. The van der Waals surface area contributed by atoms with E-state index in [-0.39, 0.29) is 11.8 Å². The lowest BCUT2D eigenvalue weighted by atomic mass is 10.2. The maximum Gasteiger partial charge on any atom is 0.316 e. The molecule has 0 bridgehead atoms. The molecule has 1 amide bonds. The lowest BCUT2D eigenvalue weighted by molar-refractivity contribution is -0.146. The highest BCUT2D eigenvalue weighted by atomic mass is 32.2. The third-order valence-electron chi connectivity index (χ3n) is 3.80. The molecule has 2 aromatic carbocycles. The molecule has 5 nitrogen and oxygen atoms in total. The van der Waals surface area contributed by atoms with E-state index in [2.05, 4.69) is 5.32 Å². The molecule has 3 aromatic rings. The summed E-state index contributed by atoms with van der Waals surface area (Å²) in [7, 11) is 0. The molecule has 0 saturated heterocycles. The summed E-state index contributed by atoms with van der Waals surface area (Å²) in [5.74, 6) is -0.881. The number of halogens is 1. The smallest absolute Gasteiger partial charge is 0.316 e. The molecule has 0 saturated carbocycles. The first kappa shape index (κ1) is 19.0. The number of furan rings is 1. The lowest BCUT2D eigenvalue weighted by Crippen LogP contribution is -2.31. The Morgan fingerprint density at radius 2 is 1.93 bits per heavy atom. The van der Waals surface area contributed by atoms with Gasteiger partial charge in [-0.3, -0.25) is 9.59 Å². The third-order valence-corrected chi connectivity index (χ3v) is 4.82. The van der Waals surface area contributed by atoms with E-state index in [4.69, 9.17) is 9.15 Å². The number of hydrogen-bond donors (Lipinski definition) is 1. The number of amides is 1. The van der Waals surface area contributed by atoms with Gasteiger partial charge in [0.05, 0.1) is 11.8 Å². The van der Waals surface area contributed by atoms with E-state index >= 15 is 0 Å². The fraction of sp³-hybridized carbons (Fsp3) is 0.200. The highest BCUT2D eigenvalue weighted by Gasteiger charge is 2.16. The minimum atomic E-state index is -0.588. The molecule has 0 radical (unpaired) electrons. The van der Waals surface area contributed by atoms with E-state index in [1.165, 1.54) is 6.07 Å². The zero-order valence-corrected chi connectivity index (χ0v) is 15.4. The predicted molar refractivity (Wildman–Crippen MR) is 101 cm³/mol. The normalized spacial score (nSPS) is 11.9. The summed E-state index contributed by atoms with van der Waals surface area (Å²) in [4.78, 5) is 24.1. The van der Waals surface area contributed by atoms with E-state index in [1.807, 2.05) is 30.3 Å². The molecule has 1 atom stereocenters. The van der Waals surface area contributed by atoms with Crippen LogP contribution in [0.4, 0.5) is 4.39 Å². The second-order valence-corrected chi connectivity index (χ2v) is 6.87. The molecule has 27 heavy (non-hydrogen) atoms. The van der Waals surface area contributed by atoms with Gasteiger partial charge in [0.25, 0.3) is 5.91 Å². The average Bonchev–Trinajstić information content (AvgIpc) is 3.10. The minimum Gasteiger partial charge on any atom is -0.459 e. The van der Waals surface area contributed by atoms with Gasteiger partial charge in [-0.25, -0.2) is 4.39 Å². The van der Waals surface area contributed by atoms with E-state index in [1.54, 1.807) is 25.1 Å². The van der Waals surface area contributed by atoms with Crippen molar-refractivity contribution >= 4 is 34.6 Å². The van der Waals surface area contributed by atoms with Crippen molar-refractivity contribution in [1.29, 1.82) is 0 Å². The van der Waals surface area contributed by atoms with E-state index in [0.717, 1.165) is 22.7 Å². The number of rotatable bonds is 7. The van der Waals surface area contributed by atoms with Gasteiger partial charge in [-0.05, 0) is 31.2 Å². The Labute approximate surface area is 159 Å².